The highest BCUT2D eigenvalue weighted by Crippen LogP contribution is 2.25. The van der Waals surface area contributed by atoms with Crippen molar-refractivity contribution in [1.29, 1.82) is 0 Å². The van der Waals surface area contributed by atoms with Crippen LogP contribution >= 0.6 is 0 Å². The minimum atomic E-state index is -0.475. The van der Waals surface area contributed by atoms with Crippen LogP contribution in [0, 0.1) is 6.92 Å². The first-order valence-corrected chi connectivity index (χ1v) is 5.74. The number of carbonyl (C=O) groups excluding carboxylic acids is 2. The molecule has 1 amide bonds. The fourth-order valence-corrected chi connectivity index (χ4v) is 1.77. The van der Waals surface area contributed by atoms with Gasteiger partial charge in [0, 0.05) is 5.56 Å². The van der Waals surface area contributed by atoms with Crippen molar-refractivity contribution in [3.63, 3.8) is 0 Å². The zero-order valence-electron chi connectivity index (χ0n) is 10.4. The van der Waals surface area contributed by atoms with E-state index in [0.717, 1.165) is 11.8 Å². The molecule has 4 heteroatoms. The Balaban J connectivity index is 2.31. The molecule has 0 spiro atoms. The van der Waals surface area contributed by atoms with Crippen LogP contribution < -0.4 is 10.5 Å². The predicted molar refractivity (Wildman–Crippen MR) is 71.6 cm³/mol. The van der Waals surface area contributed by atoms with Crippen LogP contribution in [-0.4, -0.2) is 12.2 Å². The molecule has 0 fully saturated rings. The molecule has 0 heterocycles. The molecule has 2 N–H and O–H groups in total. The van der Waals surface area contributed by atoms with Gasteiger partial charge >= 0.3 is 0 Å². The topological polar surface area (TPSA) is 69.4 Å². The molecule has 0 atom stereocenters. The molecule has 0 unspecified atom stereocenters. The molecule has 4 nitrogen and oxygen atoms in total. The van der Waals surface area contributed by atoms with Gasteiger partial charge in [0.2, 0.25) is 5.91 Å². The number of rotatable bonds is 4. The standard InChI is InChI=1S/C15H13NO3/c1-10-8-12(6-7-13(10)15(16)18)19-14-5-3-2-4-11(14)9-17/h2-9H,1H3,(H2,16,18). The molecule has 2 aromatic rings. The minimum Gasteiger partial charge on any atom is -0.457 e. The van der Waals surface area contributed by atoms with Crippen molar-refractivity contribution >= 4 is 12.2 Å². The number of primary amides is 1. The Labute approximate surface area is 110 Å². The zero-order valence-corrected chi connectivity index (χ0v) is 10.4. The molecule has 2 rings (SSSR count). The van der Waals surface area contributed by atoms with Crippen molar-refractivity contribution in [2.45, 2.75) is 6.92 Å². The molecule has 19 heavy (non-hydrogen) atoms. The highest BCUT2D eigenvalue weighted by atomic mass is 16.5. The van der Waals surface area contributed by atoms with E-state index in [0.29, 0.717) is 22.6 Å². The number of hydrogen-bond donors (Lipinski definition) is 1. The molecular formula is C15H13NO3. The molecule has 0 radical (unpaired) electrons. The van der Waals surface area contributed by atoms with Crippen LogP contribution in [0.25, 0.3) is 0 Å². The molecule has 0 saturated carbocycles. The molecule has 0 aromatic heterocycles. The first-order chi connectivity index (χ1) is 9.11. The number of amides is 1. The summed E-state index contributed by atoms with van der Waals surface area (Å²) in [5.74, 6) is 0.554. The number of carbonyl (C=O) groups is 2. The average Bonchev–Trinajstić information content (AvgIpc) is 2.39. The minimum absolute atomic E-state index is 0.455. The van der Waals surface area contributed by atoms with Gasteiger partial charge in [-0.2, -0.15) is 0 Å². The van der Waals surface area contributed by atoms with Crippen LogP contribution in [0.1, 0.15) is 26.3 Å². The average molecular weight is 255 g/mol. The van der Waals surface area contributed by atoms with Gasteiger partial charge in [0.25, 0.3) is 0 Å². The summed E-state index contributed by atoms with van der Waals surface area (Å²) >= 11 is 0. The lowest BCUT2D eigenvalue weighted by Crippen LogP contribution is -2.12. The summed E-state index contributed by atoms with van der Waals surface area (Å²) in [6.45, 7) is 1.78. The van der Waals surface area contributed by atoms with Gasteiger partial charge in [-0.1, -0.05) is 12.1 Å². The van der Waals surface area contributed by atoms with Crippen molar-refractivity contribution in [1.82, 2.24) is 0 Å². The molecule has 96 valence electrons. The Bertz CT molecular complexity index is 635. The van der Waals surface area contributed by atoms with Gasteiger partial charge in [0.1, 0.15) is 11.5 Å². The summed E-state index contributed by atoms with van der Waals surface area (Å²) in [6, 6.07) is 11.9. The van der Waals surface area contributed by atoms with Crippen LogP contribution in [-0.2, 0) is 0 Å². The maximum absolute atomic E-state index is 11.1. The zero-order chi connectivity index (χ0) is 13.8. The quantitative estimate of drug-likeness (QED) is 0.854. The summed E-state index contributed by atoms with van der Waals surface area (Å²) in [5.41, 5.74) is 6.89. The maximum Gasteiger partial charge on any atom is 0.248 e. The van der Waals surface area contributed by atoms with Crippen LogP contribution in [0.5, 0.6) is 11.5 Å². The van der Waals surface area contributed by atoms with Crippen molar-refractivity contribution in [3.05, 3.63) is 59.2 Å². The van der Waals surface area contributed by atoms with Crippen LogP contribution in [0.4, 0.5) is 0 Å². The first-order valence-electron chi connectivity index (χ1n) is 5.74. The van der Waals surface area contributed by atoms with Crippen molar-refractivity contribution in [2.24, 2.45) is 5.73 Å². The number of ether oxygens (including phenoxy) is 1. The van der Waals surface area contributed by atoms with E-state index in [9.17, 15) is 9.59 Å². The lowest BCUT2D eigenvalue weighted by molar-refractivity contribution is 0.0999. The molecule has 0 aliphatic carbocycles. The maximum atomic E-state index is 11.1. The third kappa shape index (κ3) is 2.80. The monoisotopic (exact) mass is 255 g/mol. The fourth-order valence-electron chi connectivity index (χ4n) is 1.77. The summed E-state index contributed by atoms with van der Waals surface area (Å²) < 4.78 is 5.63. The van der Waals surface area contributed by atoms with E-state index in [-0.39, 0.29) is 0 Å². The van der Waals surface area contributed by atoms with E-state index < -0.39 is 5.91 Å². The lowest BCUT2D eigenvalue weighted by Gasteiger charge is -2.09. The van der Waals surface area contributed by atoms with Crippen molar-refractivity contribution in [3.8, 4) is 11.5 Å². The Morgan fingerprint density at radius 3 is 2.58 bits per heavy atom. The molecule has 0 bridgehead atoms. The van der Waals surface area contributed by atoms with E-state index >= 15 is 0 Å². The molecule has 0 aliphatic heterocycles. The SMILES string of the molecule is Cc1cc(Oc2ccccc2C=O)ccc1C(N)=O. The van der Waals surface area contributed by atoms with E-state index in [1.165, 1.54) is 0 Å². The third-order valence-corrected chi connectivity index (χ3v) is 2.74. The summed E-state index contributed by atoms with van der Waals surface area (Å²) in [5, 5.41) is 0. The third-order valence-electron chi connectivity index (χ3n) is 2.74. The Kier molecular flexibility index (Phi) is 3.61. The highest BCUT2D eigenvalue weighted by Gasteiger charge is 2.08. The lowest BCUT2D eigenvalue weighted by atomic mass is 10.1. The normalized spacial score (nSPS) is 9.95. The number of aldehydes is 1. The van der Waals surface area contributed by atoms with Crippen LogP contribution in [0.15, 0.2) is 42.5 Å². The van der Waals surface area contributed by atoms with E-state index in [4.69, 9.17) is 10.5 Å². The van der Waals surface area contributed by atoms with Crippen molar-refractivity contribution < 1.29 is 14.3 Å². The number of nitrogens with two attached hydrogens (primary N) is 1. The van der Waals surface area contributed by atoms with Crippen LogP contribution in [0.2, 0.25) is 0 Å². The van der Waals surface area contributed by atoms with E-state index in [2.05, 4.69) is 0 Å². The molecular weight excluding hydrogens is 242 g/mol. The summed E-state index contributed by atoms with van der Waals surface area (Å²) in [4.78, 5) is 22.0. The Hall–Kier alpha value is -2.62. The van der Waals surface area contributed by atoms with Gasteiger partial charge in [-0.25, -0.2) is 0 Å². The summed E-state index contributed by atoms with van der Waals surface area (Å²) in [6.07, 6.45) is 0.736. The number of benzene rings is 2. The van der Waals surface area contributed by atoms with Crippen molar-refractivity contribution in [2.75, 3.05) is 0 Å². The van der Waals surface area contributed by atoms with Gasteiger partial charge in [-0.3, -0.25) is 9.59 Å². The molecule has 2 aromatic carbocycles. The number of para-hydroxylation sites is 1. The predicted octanol–water partition coefficient (Wildman–Crippen LogP) is 2.70. The Morgan fingerprint density at radius 1 is 1.21 bits per heavy atom. The van der Waals surface area contributed by atoms with Gasteiger partial charge in [-0.15, -0.1) is 0 Å². The van der Waals surface area contributed by atoms with E-state index in [1.54, 1.807) is 49.4 Å². The highest BCUT2D eigenvalue weighted by molar-refractivity contribution is 5.94. The second kappa shape index (κ2) is 5.35. The molecule has 0 saturated heterocycles. The van der Waals surface area contributed by atoms with Crippen LogP contribution in [0.3, 0.4) is 0 Å². The first kappa shape index (κ1) is 12.8. The van der Waals surface area contributed by atoms with Gasteiger partial charge in [0.05, 0.1) is 5.56 Å². The Morgan fingerprint density at radius 2 is 1.95 bits per heavy atom. The smallest absolute Gasteiger partial charge is 0.248 e. The fraction of sp³-hybridized carbons (Fsp3) is 0.0667. The second-order valence-corrected chi connectivity index (χ2v) is 4.10. The van der Waals surface area contributed by atoms with Gasteiger partial charge in [-0.05, 0) is 42.8 Å². The van der Waals surface area contributed by atoms with E-state index in [1.807, 2.05) is 0 Å². The summed E-state index contributed by atoms with van der Waals surface area (Å²) in [7, 11) is 0. The van der Waals surface area contributed by atoms with Gasteiger partial charge < -0.3 is 10.5 Å². The largest absolute Gasteiger partial charge is 0.457 e. The number of aryl methyl sites for hydroxylation is 1. The second-order valence-electron chi connectivity index (χ2n) is 4.10. The number of hydrogen-bond acceptors (Lipinski definition) is 3. The van der Waals surface area contributed by atoms with Gasteiger partial charge in [0.15, 0.2) is 6.29 Å². The molecule has 0 aliphatic rings.